The van der Waals surface area contributed by atoms with Crippen LogP contribution in [0.25, 0.3) is 16.9 Å². The van der Waals surface area contributed by atoms with Crippen LogP contribution in [0.1, 0.15) is 24.5 Å². The number of benzene rings is 4. The molecule has 0 saturated carbocycles. The van der Waals surface area contributed by atoms with Gasteiger partial charge in [0.15, 0.2) is 6.10 Å². The van der Waals surface area contributed by atoms with E-state index in [4.69, 9.17) is 37.8 Å². The molecule has 5 rings (SSSR count). The van der Waals surface area contributed by atoms with Crippen molar-refractivity contribution in [1.29, 1.82) is 0 Å². The standard InChI is InChI=1S/C33H28Cl2N4O3/c1-2-30(42-31-18-15-26(34)19-29(31)35)33(40)37-36-20-25-21-39(27-11-7-4-8-12-27)38-32(25)24-13-16-28(17-14-24)41-22-23-9-5-3-6-10-23/h3-21,30H,2,22H2,1H3,(H,37,40). The van der Waals surface area contributed by atoms with Crippen molar-refractivity contribution in [2.24, 2.45) is 5.10 Å². The van der Waals surface area contributed by atoms with Crippen LogP contribution in [0.5, 0.6) is 11.5 Å². The Bertz CT molecular complexity index is 1660. The van der Waals surface area contributed by atoms with Crippen LogP contribution in [0, 0.1) is 0 Å². The number of carbonyl (C=O) groups is 1. The number of amides is 1. The Labute approximate surface area is 254 Å². The summed E-state index contributed by atoms with van der Waals surface area (Å²) in [7, 11) is 0. The number of hydrogen-bond donors (Lipinski definition) is 1. The van der Waals surface area contributed by atoms with Gasteiger partial charge in [0.1, 0.15) is 23.8 Å². The maximum Gasteiger partial charge on any atom is 0.281 e. The molecular weight excluding hydrogens is 571 g/mol. The molecule has 9 heteroatoms. The van der Waals surface area contributed by atoms with Crippen molar-refractivity contribution in [3.8, 4) is 28.4 Å². The average molecular weight is 600 g/mol. The SMILES string of the molecule is CCC(Oc1ccc(Cl)cc1Cl)C(=O)NN=Cc1cn(-c2ccccc2)nc1-c1ccc(OCc2ccccc2)cc1. The first kappa shape index (κ1) is 28.9. The van der Waals surface area contributed by atoms with Crippen molar-refractivity contribution < 1.29 is 14.3 Å². The number of halogens is 2. The molecule has 5 aromatic rings. The van der Waals surface area contributed by atoms with Gasteiger partial charge in [-0.25, -0.2) is 10.1 Å². The number of hydrazone groups is 1. The fourth-order valence-corrected chi connectivity index (χ4v) is 4.61. The number of aromatic nitrogens is 2. The van der Waals surface area contributed by atoms with Gasteiger partial charge >= 0.3 is 0 Å². The Morgan fingerprint density at radius 3 is 2.38 bits per heavy atom. The summed E-state index contributed by atoms with van der Waals surface area (Å²) < 4.78 is 13.5. The minimum Gasteiger partial charge on any atom is -0.489 e. The predicted molar refractivity (Wildman–Crippen MR) is 167 cm³/mol. The summed E-state index contributed by atoms with van der Waals surface area (Å²) >= 11 is 12.2. The number of nitrogens with one attached hydrogen (secondary N) is 1. The third-order valence-corrected chi connectivity index (χ3v) is 6.87. The van der Waals surface area contributed by atoms with E-state index in [0.29, 0.717) is 40.1 Å². The molecule has 0 bridgehead atoms. The second kappa shape index (κ2) is 13.9. The summed E-state index contributed by atoms with van der Waals surface area (Å²) in [5.41, 5.74) is 6.85. The lowest BCUT2D eigenvalue weighted by molar-refractivity contribution is -0.128. The predicted octanol–water partition coefficient (Wildman–Crippen LogP) is 7.73. The highest BCUT2D eigenvalue weighted by atomic mass is 35.5. The van der Waals surface area contributed by atoms with Crippen molar-refractivity contribution in [3.63, 3.8) is 0 Å². The number of hydrogen-bond acceptors (Lipinski definition) is 5. The largest absolute Gasteiger partial charge is 0.489 e. The van der Waals surface area contributed by atoms with Crippen LogP contribution >= 0.6 is 23.2 Å². The summed E-state index contributed by atoms with van der Waals surface area (Å²) in [6.45, 7) is 2.32. The molecule has 1 unspecified atom stereocenters. The van der Waals surface area contributed by atoms with Gasteiger partial charge in [0.05, 0.1) is 16.9 Å². The van der Waals surface area contributed by atoms with Crippen molar-refractivity contribution in [2.75, 3.05) is 0 Å². The van der Waals surface area contributed by atoms with E-state index < -0.39 is 12.0 Å². The molecule has 0 fully saturated rings. The van der Waals surface area contributed by atoms with Gasteiger partial charge < -0.3 is 9.47 Å². The molecule has 0 aliphatic carbocycles. The summed E-state index contributed by atoms with van der Waals surface area (Å²) in [5, 5.41) is 9.85. The van der Waals surface area contributed by atoms with Crippen molar-refractivity contribution in [2.45, 2.75) is 26.1 Å². The Morgan fingerprint density at radius 2 is 1.69 bits per heavy atom. The molecule has 7 nitrogen and oxygen atoms in total. The number of nitrogens with zero attached hydrogens (tertiary/aromatic N) is 3. The summed E-state index contributed by atoms with van der Waals surface area (Å²) in [6, 6.07) is 32.3. The first-order valence-electron chi connectivity index (χ1n) is 13.4. The molecule has 1 heterocycles. The van der Waals surface area contributed by atoms with Gasteiger partial charge in [-0.2, -0.15) is 10.2 Å². The molecule has 1 atom stereocenters. The molecular formula is C33H28Cl2N4O3. The number of ether oxygens (including phenoxy) is 2. The highest BCUT2D eigenvalue weighted by Gasteiger charge is 2.19. The zero-order valence-corrected chi connectivity index (χ0v) is 24.3. The van der Waals surface area contributed by atoms with E-state index >= 15 is 0 Å². The van der Waals surface area contributed by atoms with Crippen LogP contribution in [0.3, 0.4) is 0 Å². The molecule has 0 aliphatic heterocycles. The van der Waals surface area contributed by atoms with E-state index in [1.807, 2.05) is 98.0 Å². The molecule has 0 aliphatic rings. The third-order valence-electron chi connectivity index (χ3n) is 6.34. The van der Waals surface area contributed by atoms with E-state index in [9.17, 15) is 4.79 Å². The molecule has 1 N–H and O–H groups in total. The average Bonchev–Trinajstić information content (AvgIpc) is 3.45. The number of carbonyl (C=O) groups excluding carboxylic acids is 1. The van der Waals surface area contributed by atoms with Crippen LogP contribution in [-0.2, 0) is 11.4 Å². The summed E-state index contributed by atoms with van der Waals surface area (Å²) in [5.74, 6) is 0.713. The Morgan fingerprint density at radius 1 is 0.976 bits per heavy atom. The lowest BCUT2D eigenvalue weighted by Crippen LogP contribution is -2.35. The van der Waals surface area contributed by atoms with Crippen molar-refractivity contribution in [3.05, 3.63) is 130 Å². The first-order valence-corrected chi connectivity index (χ1v) is 14.1. The normalized spacial score (nSPS) is 11.8. The second-order valence-corrected chi connectivity index (χ2v) is 10.2. The van der Waals surface area contributed by atoms with Gasteiger partial charge in [0.2, 0.25) is 0 Å². The van der Waals surface area contributed by atoms with Crippen molar-refractivity contribution in [1.82, 2.24) is 15.2 Å². The highest BCUT2D eigenvalue weighted by molar-refractivity contribution is 6.35. The zero-order chi connectivity index (χ0) is 29.3. The van der Waals surface area contributed by atoms with Gasteiger partial charge in [-0.3, -0.25) is 4.79 Å². The molecule has 0 spiro atoms. The van der Waals surface area contributed by atoms with Crippen LogP contribution in [0.15, 0.2) is 114 Å². The first-order chi connectivity index (χ1) is 20.5. The lowest BCUT2D eigenvalue weighted by Gasteiger charge is -2.16. The molecule has 212 valence electrons. The number of para-hydroxylation sites is 1. The van der Waals surface area contributed by atoms with Gasteiger partial charge in [-0.05, 0) is 66.6 Å². The maximum absolute atomic E-state index is 12.9. The van der Waals surface area contributed by atoms with Crippen LogP contribution < -0.4 is 14.9 Å². The molecule has 0 radical (unpaired) electrons. The van der Waals surface area contributed by atoms with E-state index in [2.05, 4.69) is 10.5 Å². The molecule has 42 heavy (non-hydrogen) atoms. The summed E-state index contributed by atoms with van der Waals surface area (Å²) in [4.78, 5) is 12.9. The third kappa shape index (κ3) is 7.37. The van der Waals surface area contributed by atoms with Gasteiger partial charge in [0.25, 0.3) is 5.91 Å². The Balaban J connectivity index is 1.33. The van der Waals surface area contributed by atoms with Gasteiger partial charge in [-0.15, -0.1) is 0 Å². The quantitative estimate of drug-likeness (QED) is 0.125. The van der Waals surface area contributed by atoms with Gasteiger partial charge in [0, 0.05) is 22.3 Å². The monoisotopic (exact) mass is 598 g/mol. The lowest BCUT2D eigenvalue weighted by atomic mass is 10.1. The van der Waals surface area contributed by atoms with Crippen LogP contribution in [0.2, 0.25) is 10.0 Å². The van der Waals surface area contributed by atoms with E-state index in [1.165, 1.54) is 0 Å². The molecule has 1 aromatic heterocycles. The van der Waals surface area contributed by atoms with Crippen LogP contribution in [-0.4, -0.2) is 28.0 Å². The van der Waals surface area contributed by atoms with Crippen molar-refractivity contribution >= 4 is 35.3 Å². The minimum atomic E-state index is -0.796. The minimum absolute atomic E-state index is 0.326. The Kier molecular flexibility index (Phi) is 9.54. The molecule has 4 aromatic carbocycles. The number of rotatable bonds is 11. The van der Waals surface area contributed by atoms with Gasteiger partial charge in [-0.1, -0.05) is 78.7 Å². The zero-order valence-electron chi connectivity index (χ0n) is 22.8. The Hall–Kier alpha value is -4.59. The summed E-state index contributed by atoms with van der Waals surface area (Å²) in [6.07, 6.45) is 3.05. The smallest absolute Gasteiger partial charge is 0.281 e. The highest BCUT2D eigenvalue weighted by Crippen LogP contribution is 2.29. The topological polar surface area (TPSA) is 77.7 Å². The molecule has 0 saturated heterocycles. The maximum atomic E-state index is 12.9. The van der Waals surface area contributed by atoms with E-state index in [0.717, 1.165) is 22.6 Å². The van der Waals surface area contributed by atoms with Crippen LogP contribution in [0.4, 0.5) is 0 Å². The fraction of sp³-hybridized carbons (Fsp3) is 0.121. The van der Waals surface area contributed by atoms with E-state index in [-0.39, 0.29) is 0 Å². The van der Waals surface area contributed by atoms with E-state index in [1.54, 1.807) is 29.1 Å². The fourth-order valence-electron chi connectivity index (χ4n) is 4.15. The molecule has 1 amide bonds. The second-order valence-electron chi connectivity index (χ2n) is 9.34.